The number of benzene rings is 1. The van der Waals surface area contributed by atoms with Crippen molar-refractivity contribution in [3.63, 3.8) is 0 Å². The molecule has 1 N–H and O–H groups in total. The molecule has 2 rings (SSSR count). The summed E-state index contributed by atoms with van der Waals surface area (Å²) < 4.78 is 0. The second-order valence-electron chi connectivity index (χ2n) is 2.44. The van der Waals surface area contributed by atoms with Gasteiger partial charge >= 0.3 is 0 Å². The number of rotatable bonds is 1. The van der Waals surface area contributed by atoms with Crippen molar-refractivity contribution in [2.45, 2.75) is 0 Å². The third-order valence-corrected chi connectivity index (χ3v) is 1.96. The first-order valence-corrected chi connectivity index (χ1v) is 3.78. The smallest absolute Gasteiger partial charge is 0.158 e. The molecule has 0 aliphatic rings. The highest BCUT2D eigenvalue weighted by atomic mass is 35.5. The molecule has 0 spiro atoms. The van der Waals surface area contributed by atoms with Crippen molar-refractivity contribution in [1.29, 1.82) is 0 Å². The third-order valence-electron chi connectivity index (χ3n) is 1.68. The molecular formula is C8H5ClN2O. The van der Waals surface area contributed by atoms with Gasteiger partial charge in [0.15, 0.2) is 5.15 Å². The Hall–Kier alpha value is -1.35. The molecule has 0 aliphatic heterocycles. The number of hydrogen-bond acceptors (Lipinski definition) is 2. The van der Waals surface area contributed by atoms with Gasteiger partial charge in [-0.05, 0) is 18.2 Å². The van der Waals surface area contributed by atoms with Gasteiger partial charge in [-0.3, -0.25) is 9.89 Å². The molecule has 4 heteroatoms. The Labute approximate surface area is 73.3 Å². The van der Waals surface area contributed by atoms with Crippen LogP contribution >= 0.6 is 11.6 Å². The van der Waals surface area contributed by atoms with Crippen LogP contribution in [0.5, 0.6) is 0 Å². The van der Waals surface area contributed by atoms with E-state index in [0.29, 0.717) is 10.7 Å². The molecule has 0 unspecified atom stereocenters. The average Bonchev–Trinajstić information content (AvgIpc) is 2.47. The fourth-order valence-electron chi connectivity index (χ4n) is 1.07. The molecular weight excluding hydrogens is 176 g/mol. The number of aldehydes is 1. The number of carbonyl (C=O) groups excluding carboxylic acids is 1. The van der Waals surface area contributed by atoms with Crippen LogP contribution in [-0.2, 0) is 0 Å². The summed E-state index contributed by atoms with van der Waals surface area (Å²) >= 11 is 5.74. The molecule has 0 radical (unpaired) electrons. The Bertz CT molecular complexity index is 436. The Morgan fingerprint density at radius 2 is 2.33 bits per heavy atom. The SMILES string of the molecule is O=Cc1ccc2[nH]nc(Cl)c2c1. The maximum Gasteiger partial charge on any atom is 0.158 e. The average molecular weight is 181 g/mol. The van der Waals surface area contributed by atoms with Crippen LogP contribution in [-0.4, -0.2) is 16.5 Å². The first-order chi connectivity index (χ1) is 5.81. The normalized spacial score (nSPS) is 10.4. The molecule has 1 aromatic carbocycles. The van der Waals surface area contributed by atoms with Gasteiger partial charge in [0.2, 0.25) is 0 Å². The van der Waals surface area contributed by atoms with E-state index in [2.05, 4.69) is 10.2 Å². The number of carbonyl (C=O) groups is 1. The van der Waals surface area contributed by atoms with Gasteiger partial charge in [-0.15, -0.1) is 0 Å². The second kappa shape index (κ2) is 2.60. The largest absolute Gasteiger partial charge is 0.298 e. The van der Waals surface area contributed by atoms with E-state index in [1.54, 1.807) is 18.2 Å². The predicted octanol–water partition coefficient (Wildman–Crippen LogP) is 2.03. The van der Waals surface area contributed by atoms with Crippen LogP contribution in [0.15, 0.2) is 18.2 Å². The van der Waals surface area contributed by atoms with Crippen molar-refractivity contribution in [2.75, 3.05) is 0 Å². The molecule has 1 heterocycles. The van der Waals surface area contributed by atoms with Crippen molar-refractivity contribution < 1.29 is 4.79 Å². The van der Waals surface area contributed by atoms with Crippen LogP contribution in [0.25, 0.3) is 10.9 Å². The van der Waals surface area contributed by atoms with E-state index in [9.17, 15) is 4.79 Å². The first kappa shape index (κ1) is 7.31. The van der Waals surface area contributed by atoms with Crippen LogP contribution in [0.2, 0.25) is 5.15 Å². The number of nitrogens with one attached hydrogen (secondary N) is 1. The summed E-state index contributed by atoms with van der Waals surface area (Å²) in [6.07, 6.45) is 0.781. The molecule has 12 heavy (non-hydrogen) atoms. The fraction of sp³-hybridized carbons (Fsp3) is 0. The van der Waals surface area contributed by atoms with Gasteiger partial charge in [0.05, 0.1) is 5.52 Å². The van der Waals surface area contributed by atoms with E-state index in [0.717, 1.165) is 17.2 Å². The zero-order valence-corrected chi connectivity index (χ0v) is 6.80. The number of H-pyrrole nitrogens is 1. The van der Waals surface area contributed by atoms with E-state index in [1.807, 2.05) is 0 Å². The number of nitrogens with zero attached hydrogens (tertiary/aromatic N) is 1. The highest BCUT2D eigenvalue weighted by Gasteiger charge is 2.02. The third kappa shape index (κ3) is 0.987. The van der Waals surface area contributed by atoms with Crippen LogP contribution in [0, 0.1) is 0 Å². The van der Waals surface area contributed by atoms with Crippen molar-refractivity contribution >= 4 is 28.8 Å². The molecule has 0 saturated heterocycles. The zero-order valence-electron chi connectivity index (χ0n) is 6.04. The molecule has 0 saturated carbocycles. The van der Waals surface area contributed by atoms with E-state index in [-0.39, 0.29) is 0 Å². The zero-order chi connectivity index (χ0) is 8.55. The van der Waals surface area contributed by atoms with Crippen molar-refractivity contribution in [2.24, 2.45) is 0 Å². The molecule has 60 valence electrons. The van der Waals surface area contributed by atoms with E-state index in [4.69, 9.17) is 11.6 Å². The Kier molecular flexibility index (Phi) is 1.59. The molecule has 1 aromatic heterocycles. The molecule has 3 nitrogen and oxygen atoms in total. The number of halogens is 1. The van der Waals surface area contributed by atoms with E-state index < -0.39 is 0 Å². The lowest BCUT2D eigenvalue weighted by Gasteiger charge is -1.89. The minimum atomic E-state index is 0.397. The summed E-state index contributed by atoms with van der Waals surface area (Å²) in [4.78, 5) is 10.4. The van der Waals surface area contributed by atoms with Crippen molar-refractivity contribution in [3.05, 3.63) is 28.9 Å². The first-order valence-electron chi connectivity index (χ1n) is 3.40. The lowest BCUT2D eigenvalue weighted by atomic mass is 10.2. The van der Waals surface area contributed by atoms with Gasteiger partial charge < -0.3 is 0 Å². The quantitative estimate of drug-likeness (QED) is 0.683. The van der Waals surface area contributed by atoms with Gasteiger partial charge in [-0.25, -0.2) is 0 Å². The molecule has 0 atom stereocenters. The van der Waals surface area contributed by atoms with Crippen molar-refractivity contribution in [1.82, 2.24) is 10.2 Å². The van der Waals surface area contributed by atoms with Gasteiger partial charge in [0, 0.05) is 10.9 Å². The Morgan fingerprint density at radius 3 is 3.08 bits per heavy atom. The number of fused-ring (bicyclic) bond motifs is 1. The fourth-order valence-corrected chi connectivity index (χ4v) is 1.27. The second-order valence-corrected chi connectivity index (χ2v) is 2.80. The number of hydrogen-bond donors (Lipinski definition) is 1. The van der Waals surface area contributed by atoms with Gasteiger partial charge in [0.25, 0.3) is 0 Å². The van der Waals surface area contributed by atoms with Gasteiger partial charge in [-0.2, -0.15) is 5.10 Å². The molecule has 0 amide bonds. The highest BCUT2D eigenvalue weighted by Crippen LogP contribution is 2.20. The lowest BCUT2D eigenvalue weighted by molar-refractivity contribution is 0.112. The predicted molar refractivity (Wildman–Crippen MR) is 46.5 cm³/mol. The van der Waals surface area contributed by atoms with Gasteiger partial charge in [-0.1, -0.05) is 11.6 Å². The maximum absolute atomic E-state index is 10.4. The summed E-state index contributed by atoms with van der Waals surface area (Å²) in [5.74, 6) is 0. The summed E-state index contributed by atoms with van der Waals surface area (Å²) in [6, 6.07) is 5.19. The standard InChI is InChI=1S/C8H5ClN2O/c9-8-6-3-5(4-12)1-2-7(6)10-11-8/h1-4H,(H,10,11). The number of aromatic amines is 1. The van der Waals surface area contributed by atoms with Crippen LogP contribution in [0.3, 0.4) is 0 Å². The lowest BCUT2D eigenvalue weighted by Crippen LogP contribution is -1.77. The minimum absolute atomic E-state index is 0.397. The molecule has 0 fully saturated rings. The highest BCUT2D eigenvalue weighted by molar-refractivity contribution is 6.34. The van der Waals surface area contributed by atoms with Crippen LogP contribution in [0.4, 0.5) is 0 Å². The van der Waals surface area contributed by atoms with Crippen molar-refractivity contribution in [3.8, 4) is 0 Å². The van der Waals surface area contributed by atoms with Crippen LogP contribution in [0.1, 0.15) is 10.4 Å². The molecule has 0 aliphatic carbocycles. The Balaban J connectivity index is 2.79. The summed E-state index contributed by atoms with van der Waals surface area (Å²) in [7, 11) is 0. The van der Waals surface area contributed by atoms with E-state index >= 15 is 0 Å². The molecule has 0 bridgehead atoms. The number of aromatic nitrogens is 2. The van der Waals surface area contributed by atoms with E-state index in [1.165, 1.54) is 0 Å². The van der Waals surface area contributed by atoms with Crippen LogP contribution < -0.4 is 0 Å². The topological polar surface area (TPSA) is 45.8 Å². The molecule has 2 aromatic rings. The van der Waals surface area contributed by atoms with Gasteiger partial charge in [0.1, 0.15) is 6.29 Å². The monoisotopic (exact) mass is 180 g/mol. The summed E-state index contributed by atoms with van der Waals surface area (Å²) in [5.41, 5.74) is 1.44. The summed E-state index contributed by atoms with van der Waals surface area (Å²) in [5, 5.41) is 7.71. The minimum Gasteiger partial charge on any atom is -0.298 e. The Morgan fingerprint density at radius 1 is 1.50 bits per heavy atom. The summed E-state index contributed by atoms with van der Waals surface area (Å²) in [6.45, 7) is 0. The maximum atomic E-state index is 10.4.